The number of carbonyl (C=O) groups excluding carboxylic acids is 4. The fourth-order valence-corrected chi connectivity index (χ4v) is 5.57. The zero-order valence-electron chi connectivity index (χ0n) is 19.8. The van der Waals surface area contributed by atoms with Gasteiger partial charge in [0.2, 0.25) is 23.6 Å². The number of nitrogens with zero attached hydrogens (tertiary/aromatic N) is 2. The maximum atomic E-state index is 13.4. The van der Waals surface area contributed by atoms with Crippen LogP contribution < -0.4 is 5.32 Å². The number of fused-ring (bicyclic) bond motifs is 1. The first kappa shape index (κ1) is 25.7. The highest BCUT2D eigenvalue weighted by Gasteiger charge is 2.47. The second kappa shape index (κ2) is 11.1. The standard InChI is InChI=1S/C26H31Cl2N3O4/c1-16(24(33)29-18-6-2-3-7-18)31(15-17-10-11-21(27)22(28)14-17)23(32)12-13-30-25(34)19-8-4-5-9-20(19)26(30)35/h4-5,10-11,14,16,18-20H,2-3,6-9,12-13,15H2,1H3,(H,29,33)/t16-,19-,20+/m0/s1. The Morgan fingerprint density at radius 2 is 1.69 bits per heavy atom. The average molecular weight is 520 g/mol. The van der Waals surface area contributed by atoms with Crippen molar-refractivity contribution in [3.8, 4) is 0 Å². The van der Waals surface area contributed by atoms with Crippen molar-refractivity contribution in [2.45, 2.75) is 70.5 Å². The fourth-order valence-electron chi connectivity index (χ4n) is 5.25. The van der Waals surface area contributed by atoms with Crippen molar-refractivity contribution in [1.82, 2.24) is 15.1 Å². The molecule has 1 aromatic carbocycles. The molecule has 0 radical (unpaired) electrons. The van der Waals surface area contributed by atoms with Crippen LogP contribution in [-0.2, 0) is 25.7 Å². The molecule has 0 bridgehead atoms. The molecule has 3 atom stereocenters. The summed E-state index contributed by atoms with van der Waals surface area (Å²) in [6.07, 6.45) is 8.98. The number of amides is 4. The number of halogens is 2. The number of hydrogen-bond donors (Lipinski definition) is 1. The summed E-state index contributed by atoms with van der Waals surface area (Å²) in [6.45, 7) is 1.87. The van der Waals surface area contributed by atoms with E-state index in [4.69, 9.17) is 23.2 Å². The van der Waals surface area contributed by atoms with Crippen molar-refractivity contribution in [1.29, 1.82) is 0 Å². The Bertz CT molecular complexity index is 1010. The van der Waals surface area contributed by atoms with Crippen molar-refractivity contribution in [2.75, 3.05) is 6.54 Å². The second-order valence-electron chi connectivity index (χ2n) is 9.67. The van der Waals surface area contributed by atoms with Crippen LogP contribution in [0.3, 0.4) is 0 Å². The number of imide groups is 1. The van der Waals surface area contributed by atoms with Gasteiger partial charge in [-0.25, -0.2) is 0 Å². The molecule has 1 aliphatic heterocycles. The van der Waals surface area contributed by atoms with Gasteiger partial charge in [0.15, 0.2) is 0 Å². The summed E-state index contributed by atoms with van der Waals surface area (Å²) in [5.74, 6) is -1.59. The number of likely N-dealkylation sites (tertiary alicyclic amines) is 1. The van der Waals surface area contributed by atoms with Gasteiger partial charge in [-0.3, -0.25) is 24.1 Å². The molecule has 9 heteroatoms. The summed E-state index contributed by atoms with van der Waals surface area (Å²) in [5.41, 5.74) is 0.735. The first-order chi connectivity index (χ1) is 16.8. The molecule has 2 aliphatic carbocycles. The van der Waals surface area contributed by atoms with Crippen LogP contribution in [0.4, 0.5) is 0 Å². The first-order valence-corrected chi connectivity index (χ1v) is 13.1. The molecule has 4 rings (SSSR count). The lowest BCUT2D eigenvalue weighted by atomic mass is 9.85. The summed E-state index contributed by atoms with van der Waals surface area (Å²) in [4.78, 5) is 54.7. The third kappa shape index (κ3) is 5.72. The normalized spacial score (nSPS) is 22.9. The largest absolute Gasteiger partial charge is 0.352 e. The molecule has 3 aliphatic rings. The summed E-state index contributed by atoms with van der Waals surface area (Å²) >= 11 is 12.2. The van der Waals surface area contributed by atoms with Gasteiger partial charge in [-0.05, 0) is 50.3 Å². The van der Waals surface area contributed by atoms with E-state index in [0.29, 0.717) is 22.9 Å². The minimum Gasteiger partial charge on any atom is -0.352 e. The van der Waals surface area contributed by atoms with Gasteiger partial charge in [-0.1, -0.05) is 54.3 Å². The molecular weight excluding hydrogens is 489 g/mol. The predicted octanol–water partition coefficient (Wildman–Crippen LogP) is 4.11. The minimum absolute atomic E-state index is 0.0122. The molecule has 35 heavy (non-hydrogen) atoms. The lowest BCUT2D eigenvalue weighted by molar-refractivity contribution is -0.144. The molecule has 2 fully saturated rings. The van der Waals surface area contributed by atoms with E-state index in [0.717, 1.165) is 31.2 Å². The molecule has 1 saturated carbocycles. The lowest BCUT2D eigenvalue weighted by Gasteiger charge is -2.30. The molecular formula is C26H31Cl2N3O4. The molecule has 7 nitrogen and oxygen atoms in total. The quantitative estimate of drug-likeness (QED) is 0.413. The van der Waals surface area contributed by atoms with E-state index in [1.54, 1.807) is 25.1 Å². The third-order valence-corrected chi connectivity index (χ3v) is 8.09. The van der Waals surface area contributed by atoms with E-state index in [1.165, 1.54) is 9.80 Å². The van der Waals surface area contributed by atoms with Crippen LogP contribution in [-0.4, -0.2) is 52.1 Å². The van der Waals surface area contributed by atoms with Crippen molar-refractivity contribution in [3.63, 3.8) is 0 Å². The van der Waals surface area contributed by atoms with Gasteiger partial charge in [-0.15, -0.1) is 0 Å². The monoisotopic (exact) mass is 519 g/mol. The smallest absolute Gasteiger partial charge is 0.242 e. The Balaban J connectivity index is 1.46. The van der Waals surface area contributed by atoms with E-state index >= 15 is 0 Å². The van der Waals surface area contributed by atoms with Gasteiger partial charge in [0.05, 0.1) is 21.9 Å². The second-order valence-corrected chi connectivity index (χ2v) is 10.5. The molecule has 1 aromatic rings. The van der Waals surface area contributed by atoms with Crippen LogP contribution in [0.25, 0.3) is 0 Å². The van der Waals surface area contributed by atoms with Crippen LogP contribution in [0.5, 0.6) is 0 Å². The van der Waals surface area contributed by atoms with E-state index in [9.17, 15) is 19.2 Å². The van der Waals surface area contributed by atoms with E-state index in [-0.39, 0.29) is 61.0 Å². The third-order valence-electron chi connectivity index (χ3n) is 7.35. The Hall–Kier alpha value is -2.38. The Morgan fingerprint density at radius 3 is 2.29 bits per heavy atom. The van der Waals surface area contributed by atoms with Gasteiger partial charge < -0.3 is 10.2 Å². The number of benzene rings is 1. The maximum absolute atomic E-state index is 13.4. The summed E-state index contributed by atoms with van der Waals surface area (Å²) in [5, 5.41) is 3.83. The fraction of sp³-hybridized carbons (Fsp3) is 0.538. The number of hydrogen-bond acceptors (Lipinski definition) is 4. The SMILES string of the molecule is C[C@@H](C(=O)NC1CCCC1)N(Cc1ccc(Cl)c(Cl)c1)C(=O)CCN1C(=O)[C@H]2CC=CC[C@H]2C1=O. The van der Waals surface area contributed by atoms with Crippen molar-refractivity contribution < 1.29 is 19.2 Å². The number of allylic oxidation sites excluding steroid dienone is 2. The van der Waals surface area contributed by atoms with Crippen LogP contribution in [0, 0.1) is 11.8 Å². The van der Waals surface area contributed by atoms with Crippen LogP contribution in [0.1, 0.15) is 57.4 Å². The van der Waals surface area contributed by atoms with Gasteiger partial charge in [0.25, 0.3) is 0 Å². The van der Waals surface area contributed by atoms with E-state index in [2.05, 4.69) is 5.32 Å². The first-order valence-electron chi connectivity index (χ1n) is 12.3. The van der Waals surface area contributed by atoms with E-state index in [1.807, 2.05) is 12.2 Å². The maximum Gasteiger partial charge on any atom is 0.242 e. The Morgan fingerprint density at radius 1 is 1.06 bits per heavy atom. The molecule has 0 spiro atoms. The van der Waals surface area contributed by atoms with Crippen LogP contribution in [0.2, 0.25) is 10.0 Å². The lowest BCUT2D eigenvalue weighted by Crippen LogP contribution is -2.50. The zero-order valence-corrected chi connectivity index (χ0v) is 21.4. The van der Waals surface area contributed by atoms with Crippen molar-refractivity contribution in [3.05, 3.63) is 46.0 Å². The van der Waals surface area contributed by atoms with Gasteiger partial charge in [0, 0.05) is 25.6 Å². The number of nitrogens with one attached hydrogen (secondary N) is 1. The highest BCUT2D eigenvalue weighted by Crippen LogP contribution is 2.35. The molecule has 0 unspecified atom stereocenters. The molecule has 4 amide bonds. The molecule has 1 heterocycles. The topological polar surface area (TPSA) is 86.8 Å². The Kier molecular flexibility index (Phi) is 8.17. The van der Waals surface area contributed by atoms with Crippen molar-refractivity contribution >= 4 is 46.8 Å². The highest BCUT2D eigenvalue weighted by atomic mass is 35.5. The van der Waals surface area contributed by atoms with Gasteiger partial charge in [0.1, 0.15) is 6.04 Å². The van der Waals surface area contributed by atoms with E-state index < -0.39 is 6.04 Å². The summed E-state index contributed by atoms with van der Waals surface area (Å²) < 4.78 is 0. The van der Waals surface area contributed by atoms with Crippen molar-refractivity contribution in [2.24, 2.45) is 11.8 Å². The molecule has 0 aromatic heterocycles. The van der Waals surface area contributed by atoms with Gasteiger partial charge >= 0.3 is 0 Å². The average Bonchev–Trinajstić information content (AvgIpc) is 3.44. The van der Waals surface area contributed by atoms with Crippen LogP contribution in [0.15, 0.2) is 30.4 Å². The summed E-state index contributed by atoms with van der Waals surface area (Å²) in [6, 6.07) is 4.50. The summed E-state index contributed by atoms with van der Waals surface area (Å²) in [7, 11) is 0. The predicted molar refractivity (Wildman–Crippen MR) is 134 cm³/mol. The number of rotatable bonds is 8. The zero-order chi connectivity index (χ0) is 25.1. The van der Waals surface area contributed by atoms with Crippen LogP contribution >= 0.6 is 23.2 Å². The Labute approximate surface area is 215 Å². The minimum atomic E-state index is -0.727. The molecule has 1 N–H and O–H groups in total. The molecule has 1 saturated heterocycles. The number of carbonyl (C=O) groups is 4. The highest BCUT2D eigenvalue weighted by molar-refractivity contribution is 6.42. The van der Waals surface area contributed by atoms with Gasteiger partial charge in [-0.2, -0.15) is 0 Å². The molecule has 188 valence electrons.